The third-order valence-corrected chi connectivity index (χ3v) is 2.51. The summed E-state index contributed by atoms with van der Waals surface area (Å²) in [4.78, 5) is 11.4. The van der Waals surface area contributed by atoms with Gasteiger partial charge < -0.3 is 20.9 Å². The molecule has 0 radical (unpaired) electrons. The molecule has 1 rings (SSSR count). The number of aliphatic hydroxyl groups is 1. The summed E-state index contributed by atoms with van der Waals surface area (Å²) in [5.74, 6) is 0.596. The van der Waals surface area contributed by atoms with E-state index in [1.165, 1.54) is 0 Å². The van der Waals surface area contributed by atoms with Gasteiger partial charge in [-0.3, -0.25) is 4.79 Å². The fraction of sp³-hybridized carbons (Fsp3) is 0.500. The molecule has 4 N–H and O–H groups in total. The predicted molar refractivity (Wildman–Crippen MR) is 75.0 cm³/mol. The van der Waals surface area contributed by atoms with Crippen molar-refractivity contribution in [1.82, 2.24) is 5.32 Å². The Bertz CT molecular complexity index is 419. The number of carbonyl (C=O) groups is 1. The SMILES string of the molecule is CC(C)Oc1ccc(CCC(=O)NCCO)cc1N. The number of carbonyl (C=O) groups excluding carboxylic acids is 1. The molecule has 0 saturated heterocycles. The van der Waals surface area contributed by atoms with Gasteiger partial charge in [0.05, 0.1) is 18.4 Å². The maximum absolute atomic E-state index is 11.4. The number of aryl methyl sites for hydroxylation is 1. The zero-order valence-electron chi connectivity index (χ0n) is 11.5. The van der Waals surface area contributed by atoms with E-state index in [2.05, 4.69) is 5.32 Å². The number of amides is 1. The van der Waals surface area contributed by atoms with Crippen molar-refractivity contribution >= 4 is 11.6 Å². The molecule has 0 aliphatic carbocycles. The lowest BCUT2D eigenvalue weighted by Gasteiger charge is -2.13. The highest BCUT2D eigenvalue weighted by atomic mass is 16.5. The second-order valence-corrected chi connectivity index (χ2v) is 4.61. The van der Waals surface area contributed by atoms with E-state index in [4.69, 9.17) is 15.6 Å². The summed E-state index contributed by atoms with van der Waals surface area (Å²) in [6.07, 6.45) is 1.07. The van der Waals surface area contributed by atoms with Crippen LogP contribution in [0.3, 0.4) is 0 Å². The molecule has 1 aromatic carbocycles. The van der Waals surface area contributed by atoms with E-state index in [0.29, 0.717) is 30.8 Å². The van der Waals surface area contributed by atoms with Crippen molar-refractivity contribution in [3.05, 3.63) is 23.8 Å². The Morgan fingerprint density at radius 3 is 2.79 bits per heavy atom. The van der Waals surface area contributed by atoms with Gasteiger partial charge in [0, 0.05) is 13.0 Å². The minimum atomic E-state index is -0.0740. The van der Waals surface area contributed by atoms with Crippen molar-refractivity contribution < 1.29 is 14.6 Å². The van der Waals surface area contributed by atoms with Crippen molar-refractivity contribution in [2.75, 3.05) is 18.9 Å². The summed E-state index contributed by atoms with van der Waals surface area (Å²) in [5.41, 5.74) is 7.48. The van der Waals surface area contributed by atoms with Gasteiger partial charge in [0.25, 0.3) is 0 Å². The second-order valence-electron chi connectivity index (χ2n) is 4.61. The van der Waals surface area contributed by atoms with Crippen LogP contribution < -0.4 is 15.8 Å². The van der Waals surface area contributed by atoms with Crippen LogP contribution in [0.2, 0.25) is 0 Å². The number of nitrogen functional groups attached to an aromatic ring is 1. The van der Waals surface area contributed by atoms with Crippen LogP contribution in [0.4, 0.5) is 5.69 Å². The van der Waals surface area contributed by atoms with Gasteiger partial charge in [-0.1, -0.05) is 6.07 Å². The first-order valence-corrected chi connectivity index (χ1v) is 6.45. The Morgan fingerprint density at radius 2 is 2.21 bits per heavy atom. The summed E-state index contributed by atoms with van der Waals surface area (Å²) in [6, 6.07) is 5.57. The fourth-order valence-electron chi connectivity index (χ4n) is 1.66. The maximum Gasteiger partial charge on any atom is 0.220 e. The maximum atomic E-state index is 11.4. The van der Waals surface area contributed by atoms with Crippen molar-refractivity contribution in [1.29, 1.82) is 0 Å². The lowest BCUT2D eigenvalue weighted by atomic mass is 10.1. The fourth-order valence-corrected chi connectivity index (χ4v) is 1.66. The Balaban J connectivity index is 2.51. The third-order valence-electron chi connectivity index (χ3n) is 2.51. The first kappa shape index (κ1) is 15.3. The van der Waals surface area contributed by atoms with Gasteiger partial charge in [-0.2, -0.15) is 0 Å². The van der Waals surface area contributed by atoms with Crippen LogP contribution in [0, 0.1) is 0 Å². The monoisotopic (exact) mass is 266 g/mol. The largest absolute Gasteiger partial charge is 0.489 e. The predicted octanol–water partition coefficient (Wildman–Crippen LogP) is 1.10. The molecule has 19 heavy (non-hydrogen) atoms. The average molecular weight is 266 g/mol. The van der Waals surface area contributed by atoms with Crippen LogP contribution >= 0.6 is 0 Å². The molecular formula is C14H22N2O3. The van der Waals surface area contributed by atoms with E-state index < -0.39 is 0 Å². The van der Waals surface area contributed by atoms with E-state index in [0.717, 1.165) is 5.56 Å². The van der Waals surface area contributed by atoms with E-state index in [9.17, 15) is 4.79 Å². The summed E-state index contributed by atoms with van der Waals surface area (Å²) in [7, 11) is 0. The molecule has 0 fully saturated rings. The Kier molecular flexibility index (Phi) is 6.15. The van der Waals surface area contributed by atoms with Crippen molar-refractivity contribution in [2.24, 2.45) is 0 Å². The van der Waals surface area contributed by atoms with Crippen LogP contribution in [0.25, 0.3) is 0 Å². The Hall–Kier alpha value is -1.75. The van der Waals surface area contributed by atoms with Crippen LogP contribution in [0.15, 0.2) is 18.2 Å². The zero-order chi connectivity index (χ0) is 14.3. The number of ether oxygens (including phenoxy) is 1. The molecule has 0 saturated carbocycles. The quantitative estimate of drug-likeness (QED) is 0.645. The molecule has 0 heterocycles. The molecule has 5 nitrogen and oxygen atoms in total. The summed E-state index contributed by atoms with van der Waals surface area (Å²) < 4.78 is 5.55. The number of nitrogens with one attached hydrogen (secondary N) is 1. The topological polar surface area (TPSA) is 84.6 Å². The molecule has 5 heteroatoms. The molecule has 0 bridgehead atoms. The van der Waals surface area contributed by atoms with Gasteiger partial charge in [-0.15, -0.1) is 0 Å². The summed E-state index contributed by atoms with van der Waals surface area (Å²) in [6.45, 7) is 4.14. The minimum Gasteiger partial charge on any atom is -0.489 e. The lowest BCUT2D eigenvalue weighted by molar-refractivity contribution is -0.121. The second kappa shape index (κ2) is 7.63. The summed E-state index contributed by atoms with van der Waals surface area (Å²) in [5, 5.41) is 11.2. The molecule has 1 aromatic rings. The van der Waals surface area contributed by atoms with Gasteiger partial charge in [-0.25, -0.2) is 0 Å². The average Bonchev–Trinajstić information content (AvgIpc) is 2.36. The van der Waals surface area contributed by atoms with Crippen molar-refractivity contribution in [2.45, 2.75) is 32.8 Å². The Labute approximate surface area is 113 Å². The molecule has 0 aliphatic heterocycles. The Morgan fingerprint density at radius 1 is 1.47 bits per heavy atom. The highest BCUT2D eigenvalue weighted by Crippen LogP contribution is 2.24. The van der Waals surface area contributed by atoms with E-state index in [1.807, 2.05) is 32.0 Å². The zero-order valence-corrected chi connectivity index (χ0v) is 11.5. The van der Waals surface area contributed by atoms with E-state index in [-0.39, 0.29) is 18.6 Å². The lowest BCUT2D eigenvalue weighted by Crippen LogP contribution is -2.26. The molecule has 0 aliphatic rings. The molecule has 0 aromatic heterocycles. The summed E-state index contributed by atoms with van der Waals surface area (Å²) >= 11 is 0. The first-order valence-electron chi connectivity index (χ1n) is 6.45. The van der Waals surface area contributed by atoms with Crippen LogP contribution in [-0.4, -0.2) is 30.3 Å². The molecule has 0 unspecified atom stereocenters. The molecule has 0 spiro atoms. The first-order chi connectivity index (χ1) is 9.02. The van der Waals surface area contributed by atoms with E-state index >= 15 is 0 Å². The molecular weight excluding hydrogens is 244 g/mol. The van der Waals surface area contributed by atoms with Crippen molar-refractivity contribution in [3.8, 4) is 5.75 Å². The smallest absolute Gasteiger partial charge is 0.220 e. The number of anilines is 1. The number of benzene rings is 1. The van der Waals surface area contributed by atoms with Gasteiger partial charge in [-0.05, 0) is 38.0 Å². The highest BCUT2D eigenvalue weighted by molar-refractivity contribution is 5.76. The number of rotatable bonds is 7. The van der Waals surface area contributed by atoms with Crippen LogP contribution in [0.5, 0.6) is 5.75 Å². The van der Waals surface area contributed by atoms with Crippen LogP contribution in [-0.2, 0) is 11.2 Å². The normalized spacial score (nSPS) is 10.5. The molecule has 1 amide bonds. The number of hydrogen-bond donors (Lipinski definition) is 3. The third kappa shape index (κ3) is 5.61. The van der Waals surface area contributed by atoms with Gasteiger partial charge in [0.2, 0.25) is 5.91 Å². The minimum absolute atomic E-state index is 0.0417. The number of nitrogens with two attached hydrogens (primary N) is 1. The highest BCUT2D eigenvalue weighted by Gasteiger charge is 2.06. The van der Waals surface area contributed by atoms with Crippen LogP contribution in [0.1, 0.15) is 25.8 Å². The van der Waals surface area contributed by atoms with Gasteiger partial charge in [0.15, 0.2) is 0 Å². The molecule has 106 valence electrons. The standard InChI is InChI=1S/C14H22N2O3/c1-10(2)19-13-5-3-11(9-12(13)15)4-6-14(18)16-7-8-17/h3,5,9-10,17H,4,6-8,15H2,1-2H3,(H,16,18). The number of hydrogen-bond acceptors (Lipinski definition) is 4. The van der Waals surface area contributed by atoms with Gasteiger partial charge in [0.1, 0.15) is 5.75 Å². The van der Waals surface area contributed by atoms with Gasteiger partial charge >= 0.3 is 0 Å². The van der Waals surface area contributed by atoms with E-state index in [1.54, 1.807) is 0 Å². The number of aliphatic hydroxyl groups excluding tert-OH is 1. The molecule has 0 atom stereocenters. The van der Waals surface area contributed by atoms with Crippen molar-refractivity contribution in [3.63, 3.8) is 0 Å².